The van der Waals surface area contributed by atoms with Crippen LogP contribution in [0, 0.1) is 12.7 Å². The molecule has 5 rings (SSSR count). The van der Waals surface area contributed by atoms with Gasteiger partial charge >= 0.3 is 0 Å². The van der Waals surface area contributed by atoms with Crippen molar-refractivity contribution in [3.8, 4) is 0 Å². The number of fused-ring (bicyclic) bond motifs is 2. The average molecular weight is 449 g/mol. The van der Waals surface area contributed by atoms with Gasteiger partial charge in [-0.3, -0.25) is 9.59 Å². The molecule has 0 spiro atoms. The molecule has 2 atom stereocenters. The number of nitrogens with zero attached hydrogens (tertiary/aromatic N) is 4. The number of aromatic nitrogens is 2. The minimum Gasteiger partial charge on any atom is -0.332 e. The topological polar surface area (TPSA) is 57.9 Å². The van der Waals surface area contributed by atoms with Crippen molar-refractivity contribution in [2.24, 2.45) is 0 Å². The predicted octanol–water partition coefficient (Wildman–Crippen LogP) is 4.36. The number of hydrogen-bond acceptors (Lipinski definition) is 3. The van der Waals surface area contributed by atoms with Gasteiger partial charge in [0, 0.05) is 31.9 Å². The van der Waals surface area contributed by atoms with Crippen LogP contribution >= 0.6 is 0 Å². The molecule has 2 fully saturated rings. The molecule has 0 unspecified atom stereocenters. The van der Waals surface area contributed by atoms with Crippen molar-refractivity contribution in [1.82, 2.24) is 19.2 Å². The molecule has 2 aliphatic rings. The van der Waals surface area contributed by atoms with Gasteiger partial charge in [-0.15, -0.1) is 0 Å². The molecule has 0 bridgehead atoms. The number of carbonyl (C=O) groups is 2. The Hall–Kier alpha value is -3.22. The van der Waals surface area contributed by atoms with E-state index in [1.807, 2.05) is 39.5 Å². The summed E-state index contributed by atoms with van der Waals surface area (Å²) >= 11 is 0. The Kier molecular flexibility index (Phi) is 5.43. The van der Waals surface area contributed by atoms with Crippen LogP contribution in [0.25, 0.3) is 5.65 Å². The van der Waals surface area contributed by atoms with E-state index < -0.39 is 5.54 Å². The molecule has 0 radical (unpaired) electrons. The Labute approximate surface area is 193 Å². The molecule has 7 heteroatoms. The maximum Gasteiger partial charge on any atom is 0.274 e. The lowest BCUT2D eigenvalue weighted by Gasteiger charge is -2.45. The third kappa shape index (κ3) is 3.90. The Bertz CT molecular complexity index is 1200. The zero-order chi connectivity index (χ0) is 23.2. The predicted molar refractivity (Wildman–Crippen MR) is 123 cm³/mol. The highest BCUT2D eigenvalue weighted by Crippen LogP contribution is 2.40. The number of halogens is 1. The second-order valence-corrected chi connectivity index (χ2v) is 9.57. The van der Waals surface area contributed by atoms with E-state index >= 15 is 0 Å². The molecule has 2 aromatic heterocycles. The Balaban J connectivity index is 1.46. The van der Waals surface area contributed by atoms with Gasteiger partial charge in [-0.25, -0.2) is 9.37 Å². The van der Waals surface area contributed by atoms with Gasteiger partial charge in [0.05, 0.1) is 11.6 Å². The van der Waals surface area contributed by atoms with Gasteiger partial charge in [0.15, 0.2) is 0 Å². The number of pyridine rings is 1. The summed E-state index contributed by atoms with van der Waals surface area (Å²) in [5, 5.41) is 0. The second kappa shape index (κ2) is 8.28. The van der Waals surface area contributed by atoms with Crippen LogP contribution in [0.3, 0.4) is 0 Å². The normalized spacial score (nSPS) is 23.5. The van der Waals surface area contributed by atoms with Crippen LogP contribution in [-0.4, -0.2) is 49.1 Å². The number of imidazole rings is 1. The van der Waals surface area contributed by atoms with Crippen molar-refractivity contribution in [2.75, 3.05) is 6.54 Å². The molecule has 3 aromatic rings. The fourth-order valence-electron chi connectivity index (χ4n) is 5.44. The van der Waals surface area contributed by atoms with E-state index in [9.17, 15) is 14.0 Å². The standard InChI is InChI=1S/C26H29FN4O2/c1-18-11-13-29-17-21(28-23(29)15-18)25(33)30-14-12-26(2)22(30)5-3-4-6-24(32)31(26)16-19-7-9-20(27)10-8-19/h7-11,13,15,17,22H,3-6,12,14,16H2,1-2H3/t22-,26-/m1/s1. The summed E-state index contributed by atoms with van der Waals surface area (Å²) < 4.78 is 15.3. The van der Waals surface area contributed by atoms with E-state index in [4.69, 9.17) is 0 Å². The summed E-state index contributed by atoms with van der Waals surface area (Å²) in [6.45, 7) is 5.11. The zero-order valence-electron chi connectivity index (χ0n) is 19.1. The van der Waals surface area contributed by atoms with Crippen molar-refractivity contribution < 1.29 is 14.0 Å². The van der Waals surface area contributed by atoms with Crippen molar-refractivity contribution in [3.63, 3.8) is 0 Å². The number of rotatable bonds is 3. The summed E-state index contributed by atoms with van der Waals surface area (Å²) in [7, 11) is 0. The van der Waals surface area contributed by atoms with Crippen LogP contribution in [0.15, 0.2) is 48.8 Å². The van der Waals surface area contributed by atoms with Crippen LogP contribution in [0.2, 0.25) is 0 Å². The summed E-state index contributed by atoms with van der Waals surface area (Å²) in [4.78, 5) is 35.2. The molecule has 4 heterocycles. The van der Waals surface area contributed by atoms with Crippen molar-refractivity contribution in [3.05, 3.63) is 71.4 Å². The number of likely N-dealkylation sites (tertiary alicyclic amines) is 2. The van der Waals surface area contributed by atoms with Gasteiger partial charge in [-0.05, 0) is 68.5 Å². The first kappa shape index (κ1) is 21.6. The number of benzene rings is 1. The molecule has 0 aliphatic carbocycles. The minimum atomic E-state index is -0.475. The molecule has 6 nitrogen and oxygen atoms in total. The number of aryl methyl sites for hydroxylation is 1. The van der Waals surface area contributed by atoms with Crippen molar-refractivity contribution in [1.29, 1.82) is 0 Å². The van der Waals surface area contributed by atoms with Crippen LogP contribution < -0.4 is 0 Å². The van der Waals surface area contributed by atoms with E-state index in [1.165, 1.54) is 12.1 Å². The average Bonchev–Trinajstić information content (AvgIpc) is 3.36. The van der Waals surface area contributed by atoms with Gasteiger partial charge in [-0.2, -0.15) is 0 Å². The first-order chi connectivity index (χ1) is 15.8. The molecule has 1 aromatic carbocycles. The Morgan fingerprint density at radius 3 is 2.79 bits per heavy atom. The highest BCUT2D eigenvalue weighted by molar-refractivity contribution is 5.93. The largest absolute Gasteiger partial charge is 0.332 e. The minimum absolute atomic E-state index is 0.0822. The third-order valence-corrected chi connectivity index (χ3v) is 7.34. The number of carbonyl (C=O) groups excluding carboxylic acids is 2. The lowest BCUT2D eigenvalue weighted by Crippen LogP contribution is -2.58. The molecule has 0 N–H and O–H groups in total. The monoisotopic (exact) mass is 448 g/mol. The highest BCUT2D eigenvalue weighted by atomic mass is 19.1. The summed E-state index contributed by atoms with van der Waals surface area (Å²) in [6, 6.07) is 10.2. The maximum absolute atomic E-state index is 13.6. The third-order valence-electron chi connectivity index (χ3n) is 7.34. The molecule has 2 aliphatic heterocycles. The Morgan fingerprint density at radius 2 is 2.00 bits per heavy atom. The van der Waals surface area contributed by atoms with E-state index in [2.05, 4.69) is 11.9 Å². The van der Waals surface area contributed by atoms with Gasteiger partial charge in [0.2, 0.25) is 5.91 Å². The van der Waals surface area contributed by atoms with E-state index in [1.54, 1.807) is 18.3 Å². The molecule has 2 saturated heterocycles. The van der Waals surface area contributed by atoms with Crippen LogP contribution in [-0.2, 0) is 11.3 Å². The first-order valence-electron chi connectivity index (χ1n) is 11.7. The fraction of sp³-hybridized carbons (Fsp3) is 0.423. The molecule has 172 valence electrons. The number of amides is 2. The van der Waals surface area contributed by atoms with Crippen molar-refractivity contribution in [2.45, 2.75) is 64.1 Å². The summed E-state index contributed by atoms with van der Waals surface area (Å²) in [5.74, 6) is -0.272. The Morgan fingerprint density at radius 1 is 1.21 bits per heavy atom. The van der Waals surface area contributed by atoms with E-state index in [0.29, 0.717) is 31.6 Å². The van der Waals surface area contributed by atoms with Crippen molar-refractivity contribution >= 4 is 17.5 Å². The van der Waals surface area contributed by atoms with Gasteiger partial charge in [0.1, 0.15) is 17.2 Å². The van der Waals surface area contributed by atoms with Crippen LogP contribution in [0.5, 0.6) is 0 Å². The van der Waals surface area contributed by atoms with E-state index in [-0.39, 0.29) is 23.7 Å². The number of hydrogen-bond donors (Lipinski definition) is 0. The maximum atomic E-state index is 13.6. The lowest BCUT2D eigenvalue weighted by atomic mass is 9.84. The van der Waals surface area contributed by atoms with Gasteiger partial charge in [0.25, 0.3) is 5.91 Å². The van der Waals surface area contributed by atoms with Crippen LogP contribution in [0.4, 0.5) is 4.39 Å². The summed E-state index contributed by atoms with van der Waals surface area (Å²) in [6.07, 6.45) is 7.48. The first-order valence-corrected chi connectivity index (χ1v) is 11.7. The zero-order valence-corrected chi connectivity index (χ0v) is 19.1. The second-order valence-electron chi connectivity index (χ2n) is 9.57. The molecular weight excluding hydrogens is 419 g/mol. The van der Waals surface area contributed by atoms with Gasteiger partial charge < -0.3 is 14.2 Å². The highest BCUT2D eigenvalue weighted by Gasteiger charge is 2.51. The molecule has 33 heavy (non-hydrogen) atoms. The fourth-order valence-corrected chi connectivity index (χ4v) is 5.44. The SMILES string of the molecule is Cc1ccn2cc(C(=O)N3CC[C@]4(C)[C@H]3CCCCC(=O)N4Cc3ccc(F)cc3)nc2c1. The molecule has 2 amide bonds. The van der Waals surface area contributed by atoms with Gasteiger partial charge in [-0.1, -0.05) is 18.6 Å². The quantitative estimate of drug-likeness (QED) is 0.598. The molecule has 0 saturated carbocycles. The van der Waals surface area contributed by atoms with E-state index in [0.717, 1.165) is 36.0 Å². The smallest absolute Gasteiger partial charge is 0.274 e. The lowest BCUT2D eigenvalue weighted by molar-refractivity contribution is -0.140. The molecular formula is C26H29FN4O2. The van der Waals surface area contributed by atoms with Crippen LogP contribution in [0.1, 0.15) is 60.6 Å². The summed E-state index contributed by atoms with van der Waals surface area (Å²) in [5.41, 5.74) is 2.70.